The van der Waals surface area contributed by atoms with Gasteiger partial charge in [0.1, 0.15) is 5.82 Å². The molecule has 34 heavy (non-hydrogen) atoms. The number of sulfone groups is 1. The number of amides is 1. The summed E-state index contributed by atoms with van der Waals surface area (Å²) in [5.41, 5.74) is 1.17. The fraction of sp³-hybridized carbons (Fsp3) is 0.360. The highest BCUT2D eigenvalue weighted by Crippen LogP contribution is 2.21. The van der Waals surface area contributed by atoms with E-state index in [9.17, 15) is 17.6 Å². The molecule has 0 unspecified atom stereocenters. The molecular formula is C25H30FN3O4S. The molecule has 2 aromatic carbocycles. The third-order valence-corrected chi connectivity index (χ3v) is 6.82. The first-order valence-corrected chi connectivity index (χ1v) is 12.7. The van der Waals surface area contributed by atoms with Crippen molar-refractivity contribution in [2.45, 2.75) is 37.8 Å². The average Bonchev–Trinajstić information content (AvgIpc) is 3.20. The maximum absolute atomic E-state index is 14.3. The Morgan fingerprint density at radius 1 is 1.12 bits per heavy atom. The van der Waals surface area contributed by atoms with Gasteiger partial charge in [0.2, 0.25) is 15.0 Å². The van der Waals surface area contributed by atoms with Gasteiger partial charge in [-0.3, -0.25) is 4.79 Å². The monoisotopic (exact) mass is 487 g/mol. The molecule has 3 aromatic rings. The number of halogens is 1. The Morgan fingerprint density at radius 2 is 1.79 bits per heavy atom. The number of carbonyl (C=O) groups is 1. The third kappa shape index (κ3) is 6.30. The van der Waals surface area contributed by atoms with E-state index in [1.807, 2.05) is 19.9 Å². The molecule has 7 nitrogen and oxygen atoms in total. The lowest BCUT2D eigenvalue weighted by molar-refractivity contribution is 0.0712. The van der Waals surface area contributed by atoms with Gasteiger partial charge >= 0.3 is 0 Å². The van der Waals surface area contributed by atoms with Crippen LogP contribution in [0.25, 0.3) is 0 Å². The van der Waals surface area contributed by atoms with Crippen LogP contribution in [0.2, 0.25) is 0 Å². The number of hydrogen-bond acceptors (Lipinski definition) is 5. The van der Waals surface area contributed by atoms with Crippen molar-refractivity contribution in [1.82, 2.24) is 14.5 Å². The number of methoxy groups -OCH3 is 1. The first-order chi connectivity index (χ1) is 16.2. The van der Waals surface area contributed by atoms with Crippen molar-refractivity contribution in [2.24, 2.45) is 5.92 Å². The molecule has 0 saturated carbocycles. The molecule has 0 spiro atoms. The maximum Gasteiger partial charge on any atom is 0.257 e. The molecular weight excluding hydrogens is 457 g/mol. The van der Waals surface area contributed by atoms with Crippen molar-refractivity contribution in [2.75, 3.05) is 20.3 Å². The fourth-order valence-corrected chi connectivity index (χ4v) is 5.22. The van der Waals surface area contributed by atoms with Crippen molar-refractivity contribution in [3.63, 3.8) is 0 Å². The minimum absolute atomic E-state index is 0.0250. The molecule has 0 aliphatic heterocycles. The summed E-state index contributed by atoms with van der Waals surface area (Å²) < 4.78 is 47.5. The standard InChI is InChI=1S/C25H30FN3O4S/c1-19(2)16-28(24(30)22-11-7-8-12-23(22)26)17-21-15-27-25(29(21)13-14-33-3)34(31,32)18-20-9-5-4-6-10-20/h4-12,15,19H,13-14,16-18H2,1-3H3. The van der Waals surface area contributed by atoms with Crippen molar-refractivity contribution < 1.29 is 22.3 Å². The van der Waals surface area contributed by atoms with E-state index in [0.717, 1.165) is 0 Å². The molecule has 0 N–H and O–H groups in total. The first kappa shape index (κ1) is 25.6. The first-order valence-electron chi connectivity index (χ1n) is 11.1. The average molecular weight is 488 g/mol. The molecule has 0 fully saturated rings. The van der Waals surface area contributed by atoms with E-state index in [-0.39, 0.29) is 42.1 Å². The highest BCUT2D eigenvalue weighted by Gasteiger charge is 2.27. The lowest BCUT2D eigenvalue weighted by Gasteiger charge is -2.25. The minimum atomic E-state index is -3.76. The van der Waals surface area contributed by atoms with Crippen molar-refractivity contribution in [3.8, 4) is 0 Å². The second-order valence-electron chi connectivity index (χ2n) is 8.48. The second-order valence-corrected chi connectivity index (χ2v) is 10.4. The Bertz CT molecular complexity index is 1210. The Balaban J connectivity index is 1.96. The van der Waals surface area contributed by atoms with Crippen LogP contribution < -0.4 is 0 Å². The SMILES string of the molecule is COCCn1c(CN(CC(C)C)C(=O)c2ccccc2F)cnc1S(=O)(=O)Cc1ccccc1. The van der Waals surface area contributed by atoms with Crippen LogP contribution in [0.3, 0.4) is 0 Å². The largest absolute Gasteiger partial charge is 0.383 e. The Labute approximate surface area is 200 Å². The Morgan fingerprint density at radius 3 is 2.44 bits per heavy atom. The van der Waals surface area contributed by atoms with E-state index >= 15 is 0 Å². The zero-order chi connectivity index (χ0) is 24.7. The van der Waals surface area contributed by atoms with Crippen LogP contribution >= 0.6 is 0 Å². The van der Waals surface area contributed by atoms with Gasteiger partial charge in [-0.1, -0.05) is 56.3 Å². The normalized spacial score (nSPS) is 11.7. The number of hydrogen-bond donors (Lipinski definition) is 0. The minimum Gasteiger partial charge on any atom is -0.383 e. The molecule has 0 bridgehead atoms. The second kappa shape index (κ2) is 11.4. The lowest BCUT2D eigenvalue weighted by atomic mass is 10.1. The summed E-state index contributed by atoms with van der Waals surface area (Å²) in [6.45, 7) is 4.89. The number of imidazole rings is 1. The Kier molecular flexibility index (Phi) is 8.57. The number of benzene rings is 2. The molecule has 0 aliphatic rings. The van der Waals surface area contributed by atoms with E-state index < -0.39 is 21.6 Å². The van der Waals surface area contributed by atoms with Gasteiger partial charge in [-0.05, 0) is 23.6 Å². The molecule has 1 heterocycles. The van der Waals surface area contributed by atoms with Crippen LogP contribution in [0.1, 0.15) is 35.5 Å². The molecule has 3 rings (SSSR count). The molecule has 0 aliphatic carbocycles. The quantitative estimate of drug-likeness (QED) is 0.409. The molecule has 182 valence electrons. The van der Waals surface area contributed by atoms with Crippen LogP contribution in [0, 0.1) is 11.7 Å². The van der Waals surface area contributed by atoms with Crippen LogP contribution in [0.4, 0.5) is 4.39 Å². The molecule has 9 heteroatoms. The van der Waals surface area contributed by atoms with Gasteiger partial charge in [0, 0.05) is 20.2 Å². The van der Waals surface area contributed by atoms with Gasteiger partial charge in [0.15, 0.2) is 0 Å². The smallest absolute Gasteiger partial charge is 0.257 e. The zero-order valence-corrected chi connectivity index (χ0v) is 20.5. The van der Waals surface area contributed by atoms with Crippen molar-refractivity contribution in [3.05, 3.63) is 83.4 Å². The molecule has 1 amide bonds. The van der Waals surface area contributed by atoms with Crippen LogP contribution in [0.5, 0.6) is 0 Å². The summed E-state index contributed by atoms with van der Waals surface area (Å²) in [6, 6.07) is 14.7. The molecule has 0 radical (unpaired) electrons. The molecule has 1 aromatic heterocycles. The highest BCUT2D eigenvalue weighted by atomic mass is 32.2. The number of aromatic nitrogens is 2. The summed E-state index contributed by atoms with van der Waals surface area (Å²) in [4.78, 5) is 18.9. The summed E-state index contributed by atoms with van der Waals surface area (Å²) in [7, 11) is -2.23. The Hall–Kier alpha value is -3.04. The predicted octanol–water partition coefficient (Wildman–Crippen LogP) is 3.94. The fourth-order valence-electron chi connectivity index (χ4n) is 3.71. The maximum atomic E-state index is 14.3. The molecule has 0 atom stereocenters. The van der Waals surface area contributed by atoms with Crippen LogP contribution in [0.15, 0.2) is 66.0 Å². The van der Waals surface area contributed by atoms with Gasteiger partial charge < -0.3 is 14.2 Å². The lowest BCUT2D eigenvalue weighted by Crippen LogP contribution is -2.35. The predicted molar refractivity (Wildman–Crippen MR) is 127 cm³/mol. The number of ether oxygens (including phenoxy) is 1. The zero-order valence-electron chi connectivity index (χ0n) is 19.6. The van der Waals surface area contributed by atoms with E-state index in [0.29, 0.717) is 17.8 Å². The third-order valence-electron chi connectivity index (χ3n) is 5.23. The van der Waals surface area contributed by atoms with Gasteiger partial charge in [-0.2, -0.15) is 0 Å². The topological polar surface area (TPSA) is 81.5 Å². The summed E-state index contributed by atoms with van der Waals surface area (Å²) in [6.07, 6.45) is 1.47. The van der Waals surface area contributed by atoms with E-state index in [4.69, 9.17) is 4.74 Å². The molecule has 0 saturated heterocycles. The number of nitrogens with zero attached hydrogens (tertiary/aromatic N) is 3. The van der Waals surface area contributed by atoms with Gasteiger partial charge in [0.25, 0.3) is 5.91 Å². The van der Waals surface area contributed by atoms with E-state index in [2.05, 4.69) is 4.98 Å². The highest BCUT2D eigenvalue weighted by molar-refractivity contribution is 7.90. The van der Waals surface area contributed by atoms with Gasteiger partial charge in [0.05, 0.1) is 36.4 Å². The summed E-state index contributed by atoms with van der Waals surface area (Å²) >= 11 is 0. The van der Waals surface area contributed by atoms with E-state index in [1.165, 1.54) is 36.4 Å². The van der Waals surface area contributed by atoms with Crippen LogP contribution in [-0.2, 0) is 33.4 Å². The van der Waals surface area contributed by atoms with Crippen LogP contribution in [-0.4, -0.2) is 49.0 Å². The van der Waals surface area contributed by atoms with Crippen molar-refractivity contribution in [1.29, 1.82) is 0 Å². The van der Waals surface area contributed by atoms with Gasteiger partial charge in [-0.15, -0.1) is 0 Å². The number of rotatable bonds is 11. The summed E-state index contributed by atoms with van der Waals surface area (Å²) in [5.74, 6) is -1.13. The van der Waals surface area contributed by atoms with E-state index in [1.54, 1.807) is 34.9 Å². The summed E-state index contributed by atoms with van der Waals surface area (Å²) in [5, 5.41) is -0.0776. The van der Waals surface area contributed by atoms with Crippen molar-refractivity contribution >= 4 is 15.7 Å². The number of carbonyl (C=O) groups excluding carboxylic acids is 1. The van der Waals surface area contributed by atoms with Gasteiger partial charge in [-0.25, -0.2) is 17.8 Å².